The molecular weight excluding hydrogens is 380 g/mol. The molecule has 24 heavy (non-hydrogen) atoms. The molecule has 1 aliphatic heterocycles. The Hall–Kier alpha value is -0.985. The molecule has 0 saturated carbocycles. The smallest absolute Gasteiger partial charge is 0.466 e. The predicted molar refractivity (Wildman–Crippen MR) is 92.0 cm³/mol. The molecule has 0 aliphatic carbocycles. The summed E-state index contributed by atoms with van der Waals surface area (Å²) in [5.41, 5.74) is -0.847. The largest absolute Gasteiger partial charge is 0.466 e. The van der Waals surface area contributed by atoms with Crippen molar-refractivity contribution in [2.24, 2.45) is 0 Å². The molecule has 0 N–H and O–H groups in total. The van der Waals surface area contributed by atoms with E-state index in [2.05, 4.69) is 20.9 Å². The number of aromatic nitrogens is 1. The standard InChI is InChI=1S/C16H22BBrFNO4/c1-6-22-14(21)8-11(10-7-13(18)20-9-12(10)19)17-23-15(2,3)16(4,5)24-17/h7,9,11H,6,8H2,1-5H3. The van der Waals surface area contributed by atoms with Crippen LogP contribution < -0.4 is 0 Å². The normalized spacial score (nSPS) is 20.0. The van der Waals surface area contributed by atoms with Gasteiger partial charge in [0.05, 0.1) is 30.4 Å². The zero-order valence-electron chi connectivity index (χ0n) is 14.6. The Kier molecular flexibility index (Phi) is 5.72. The van der Waals surface area contributed by atoms with Crippen molar-refractivity contribution in [3.63, 3.8) is 0 Å². The van der Waals surface area contributed by atoms with Crippen molar-refractivity contribution in [1.82, 2.24) is 4.98 Å². The summed E-state index contributed by atoms with van der Waals surface area (Å²) in [7, 11) is -0.761. The van der Waals surface area contributed by atoms with Gasteiger partial charge < -0.3 is 14.0 Å². The highest BCUT2D eigenvalue weighted by Crippen LogP contribution is 2.42. The SMILES string of the molecule is CCOC(=O)CC(B1OC(C)(C)C(C)(C)O1)c1cc(Br)ncc1F. The number of hydrogen-bond donors (Lipinski definition) is 0. The number of nitrogens with zero attached hydrogens (tertiary/aromatic N) is 1. The Bertz CT molecular complexity index is 610. The van der Waals surface area contributed by atoms with Crippen molar-refractivity contribution >= 4 is 29.0 Å². The van der Waals surface area contributed by atoms with Gasteiger partial charge in [-0.1, -0.05) is 0 Å². The van der Waals surface area contributed by atoms with E-state index in [0.717, 1.165) is 6.20 Å². The highest BCUT2D eigenvalue weighted by Gasteiger charge is 2.54. The van der Waals surface area contributed by atoms with E-state index in [4.69, 9.17) is 14.0 Å². The number of halogens is 2. The lowest BCUT2D eigenvalue weighted by Crippen LogP contribution is -2.41. The molecule has 5 nitrogen and oxygen atoms in total. The van der Waals surface area contributed by atoms with Crippen LogP contribution in [0.25, 0.3) is 0 Å². The van der Waals surface area contributed by atoms with Gasteiger partial charge in [-0.05, 0) is 62.2 Å². The van der Waals surface area contributed by atoms with E-state index in [-0.39, 0.29) is 13.0 Å². The van der Waals surface area contributed by atoms with E-state index < -0.39 is 35.9 Å². The Morgan fingerprint density at radius 2 is 1.96 bits per heavy atom. The number of esters is 1. The molecule has 132 valence electrons. The Morgan fingerprint density at radius 1 is 1.38 bits per heavy atom. The summed E-state index contributed by atoms with van der Waals surface area (Å²) in [5, 5.41) is 0. The molecule has 0 spiro atoms. The van der Waals surface area contributed by atoms with Gasteiger partial charge in [0.1, 0.15) is 10.4 Å². The van der Waals surface area contributed by atoms with Gasteiger partial charge in [0.15, 0.2) is 0 Å². The third-order valence-corrected chi connectivity index (χ3v) is 4.98. The lowest BCUT2D eigenvalue weighted by Gasteiger charge is -2.32. The number of hydrogen-bond acceptors (Lipinski definition) is 5. The van der Waals surface area contributed by atoms with Gasteiger partial charge in [-0.25, -0.2) is 9.37 Å². The molecule has 0 radical (unpaired) electrons. The summed E-state index contributed by atoms with van der Waals surface area (Å²) in [6.07, 6.45) is 1.07. The predicted octanol–water partition coefficient (Wildman–Crippen LogP) is 3.65. The van der Waals surface area contributed by atoms with Crippen LogP contribution in [0.1, 0.15) is 52.4 Å². The molecule has 1 atom stereocenters. The lowest BCUT2D eigenvalue weighted by molar-refractivity contribution is -0.143. The van der Waals surface area contributed by atoms with Crippen molar-refractivity contribution in [3.05, 3.63) is 28.2 Å². The van der Waals surface area contributed by atoms with Gasteiger partial charge in [0, 0.05) is 5.82 Å². The minimum absolute atomic E-state index is 0.0436. The maximum absolute atomic E-state index is 14.3. The van der Waals surface area contributed by atoms with Crippen LogP contribution in [0.4, 0.5) is 4.39 Å². The average Bonchev–Trinajstić information content (AvgIpc) is 2.68. The summed E-state index contributed by atoms with van der Waals surface area (Å²) >= 11 is 3.24. The second-order valence-corrected chi connectivity index (χ2v) is 7.58. The number of carbonyl (C=O) groups excluding carboxylic acids is 1. The third kappa shape index (κ3) is 3.98. The van der Waals surface area contributed by atoms with E-state index in [1.165, 1.54) is 0 Å². The van der Waals surface area contributed by atoms with Crippen LogP contribution in [0.5, 0.6) is 0 Å². The zero-order valence-corrected chi connectivity index (χ0v) is 16.1. The molecule has 1 saturated heterocycles. The number of pyridine rings is 1. The minimum Gasteiger partial charge on any atom is -0.466 e. The molecule has 1 aromatic rings. The molecule has 0 amide bonds. The van der Waals surface area contributed by atoms with Gasteiger partial charge in [0.2, 0.25) is 0 Å². The fourth-order valence-corrected chi connectivity index (χ4v) is 2.87. The van der Waals surface area contributed by atoms with Crippen molar-refractivity contribution in [3.8, 4) is 0 Å². The van der Waals surface area contributed by atoms with Crippen LogP contribution >= 0.6 is 15.9 Å². The van der Waals surface area contributed by atoms with E-state index in [1.54, 1.807) is 13.0 Å². The van der Waals surface area contributed by atoms with Crippen LogP contribution in [-0.2, 0) is 18.8 Å². The molecule has 0 aromatic carbocycles. The molecule has 1 unspecified atom stereocenters. The monoisotopic (exact) mass is 401 g/mol. The van der Waals surface area contributed by atoms with Gasteiger partial charge in [0.25, 0.3) is 0 Å². The zero-order chi connectivity index (χ0) is 18.1. The first-order chi connectivity index (χ1) is 11.1. The number of carbonyl (C=O) groups is 1. The Balaban J connectivity index is 2.37. The van der Waals surface area contributed by atoms with Crippen LogP contribution in [0.3, 0.4) is 0 Å². The second kappa shape index (κ2) is 7.10. The minimum atomic E-state index is -0.761. The van der Waals surface area contributed by atoms with E-state index >= 15 is 0 Å². The highest BCUT2D eigenvalue weighted by molar-refractivity contribution is 9.10. The summed E-state index contributed by atoms with van der Waals surface area (Å²) in [6, 6.07) is 1.55. The van der Waals surface area contributed by atoms with Gasteiger partial charge >= 0.3 is 13.1 Å². The highest BCUT2D eigenvalue weighted by atomic mass is 79.9. The molecule has 1 aromatic heterocycles. The molecule has 1 fully saturated rings. The first kappa shape index (κ1) is 19.3. The summed E-state index contributed by atoms with van der Waals surface area (Å²) in [4.78, 5) is 15.9. The van der Waals surface area contributed by atoms with Gasteiger partial charge in [-0.3, -0.25) is 4.79 Å². The summed E-state index contributed by atoms with van der Waals surface area (Å²) in [5.74, 6) is -1.57. The van der Waals surface area contributed by atoms with Crippen LogP contribution in [0.2, 0.25) is 0 Å². The van der Waals surface area contributed by atoms with Gasteiger partial charge in [-0.15, -0.1) is 0 Å². The molecule has 2 rings (SSSR count). The van der Waals surface area contributed by atoms with E-state index in [0.29, 0.717) is 10.2 Å². The Labute approximate surface area is 150 Å². The van der Waals surface area contributed by atoms with Crippen molar-refractivity contribution < 1.29 is 23.2 Å². The van der Waals surface area contributed by atoms with Crippen molar-refractivity contribution in [2.75, 3.05) is 6.61 Å². The van der Waals surface area contributed by atoms with E-state index in [1.807, 2.05) is 27.7 Å². The van der Waals surface area contributed by atoms with E-state index in [9.17, 15) is 9.18 Å². The third-order valence-electron chi connectivity index (χ3n) is 4.54. The lowest BCUT2D eigenvalue weighted by atomic mass is 9.66. The maximum Gasteiger partial charge on any atom is 0.466 e. The summed E-state index contributed by atoms with van der Waals surface area (Å²) in [6.45, 7) is 9.63. The second-order valence-electron chi connectivity index (χ2n) is 6.77. The average molecular weight is 402 g/mol. The first-order valence-corrected chi connectivity index (χ1v) is 8.69. The quantitative estimate of drug-likeness (QED) is 0.428. The Morgan fingerprint density at radius 3 is 2.50 bits per heavy atom. The van der Waals surface area contributed by atoms with Crippen LogP contribution in [0.15, 0.2) is 16.9 Å². The fraction of sp³-hybridized carbons (Fsp3) is 0.625. The topological polar surface area (TPSA) is 57.7 Å². The van der Waals surface area contributed by atoms with Gasteiger partial charge in [-0.2, -0.15) is 0 Å². The van der Waals surface area contributed by atoms with Crippen LogP contribution in [-0.4, -0.2) is 35.9 Å². The number of rotatable bonds is 5. The maximum atomic E-state index is 14.3. The summed E-state index contributed by atoms with van der Waals surface area (Å²) < 4.78 is 31.9. The van der Waals surface area contributed by atoms with Crippen molar-refractivity contribution in [1.29, 1.82) is 0 Å². The molecule has 1 aliphatic rings. The molecule has 8 heteroatoms. The molecule has 2 heterocycles. The van der Waals surface area contributed by atoms with Crippen molar-refractivity contribution in [2.45, 2.75) is 58.1 Å². The fourth-order valence-electron chi connectivity index (χ4n) is 2.52. The molecule has 0 bridgehead atoms. The van der Waals surface area contributed by atoms with Crippen LogP contribution in [0, 0.1) is 5.82 Å². The first-order valence-electron chi connectivity index (χ1n) is 7.89. The molecular formula is C16H22BBrFNO4. The number of ether oxygens (including phenoxy) is 1.